The zero-order chi connectivity index (χ0) is 24.6. The molecule has 2 aliphatic rings. The smallest absolute Gasteiger partial charge is 0.266 e. The Morgan fingerprint density at radius 3 is 2.54 bits per heavy atom. The number of piperazine rings is 1. The minimum absolute atomic E-state index is 0.0706. The Bertz CT molecular complexity index is 1350. The summed E-state index contributed by atoms with van der Waals surface area (Å²) in [5.74, 6) is 1.39. The van der Waals surface area contributed by atoms with Gasteiger partial charge in [-0.1, -0.05) is 29.0 Å². The molecule has 1 amide bonds. The summed E-state index contributed by atoms with van der Waals surface area (Å²) in [7, 11) is -3.83. The molecule has 0 aliphatic carbocycles. The number of nitrogens with one attached hydrogen (secondary N) is 1. The van der Waals surface area contributed by atoms with Gasteiger partial charge in [-0.25, -0.2) is 13.4 Å². The van der Waals surface area contributed by atoms with Crippen molar-refractivity contribution in [1.82, 2.24) is 14.8 Å². The fraction of sp³-hybridized carbons (Fsp3) is 0.304. The van der Waals surface area contributed by atoms with Crippen LogP contribution in [0.15, 0.2) is 47.4 Å². The van der Waals surface area contributed by atoms with Crippen LogP contribution in [-0.4, -0.2) is 62.1 Å². The highest BCUT2D eigenvalue weighted by Gasteiger charge is 2.27. The number of rotatable bonds is 6. The fourth-order valence-electron chi connectivity index (χ4n) is 3.98. The lowest BCUT2D eigenvalue weighted by Gasteiger charge is -2.34. The number of carbonyl (C=O) groups excluding carboxylic acids is 1. The molecule has 0 unspecified atom stereocenters. The number of hydrogen-bond acceptors (Lipinski definition) is 8. The molecule has 35 heavy (non-hydrogen) atoms. The molecule has 3 heterocycles. The van der Waals surface area contributed by atoms with Gasteiger partial charge in [-0.2, -0.15) is 0 Å². The largest absolute Gasteiger partial charge is 0.454 e. The molecule has 0 bridgehead atoms. The normalized spacial score (nSPS) is 15.9. The number of sulfonamides is 1. The van der Waals surface area contributed by atoms with Crippen LogP contribution in [0.25, 0.3) is 0 Å². The molecule has 12 heteroatoms. The number of carbonyl (C=O) groups is 1. The number of aromatic nitrogens is 1. The maximum Gasteiger partial charge on any atom is 0.266 e. The summed E-state index contributed by atoms with van der Waals surface area (Å²) in [6.45, 7) is 5.33. The van der Waals surface area contributed by atoms with E-state index in [0.717, 1.165) is 48.0 Å². The summed E-state index contributed by atoms with van der Waals surface area (Å²) < 4.78 is 38.6. The highest BCUT2D eigenvalue weighted by atomic mass is 35.5. The number of nitrogens with zero attached hydrogens (tertiary/aromatic N) is 3. The van der Waals surface area contributed by atoms with E-state index in [2.05, 4.69) is 14.6 Å². The first kappa shape index (κ1) is 23.9. The Labute approximate surface area is 212 Å². The molecule has 1 aromatic heterocycles. The van der Waals surface area contributed by atoms with Crippen molar-refractivity contribution < 1.29 is 22.7 Å². The van der Waals surface area contributed by atoms with Gasteiger partial charge in [-0.05, 0) is 48.9 Å². The van der Waals surface area contributed by atoms with Crippen LogP contribution in [0, 0.1) is 6.92 Å². The van der Waals surface area contributed by atoms with Crippen LogP contribution in [-0.2, 0) is 16.6 Å². The van der Waals surface area contributed by atoms with Gasteiger partial charge < -0.3 is 14.4 Å². The second-order valence-corrected chi connectivity index (χ2v) is 11.4. The maximum absolute atomic E-state index is 13.2. The van der Waals surface area contributed by atoms with E-state index >= 15 is 0 Å². The van der Waals surface area contributed by atoms with Crippen LogP contribution in [0.4, 0.5) is 5.13 Å². The number of benzene rings is 2. The molecule has 1 fully saturated rings. The van der Waals surface area contributed by atoms with E-state index in [9.17, 15) is 13.2 Å². The van der Waals surface area contributed by atoms with Crippen LogP contribution in [0.1, 0.15) is 20.9 Å². The van der Waals surface area contributed by atoms with E-state index in [1.165, 1.54) is 24.3 Å². The Morgan fingerprint density at radius 2 is 1.80 bits per heavy atom. The highest BCUT2D eigenvalue weighted by Crippen LogP contribution is 2.33. The van der Waals surface area contributed by atoms with E-state index in [0.29, 0.717) is 28.7 Å². The van der Waals surface area contributed by atoms with Gasteiger partial charge in [0.25, 0.3) is 15.9 Å². The molecule has 1 N–H and O–H groups in total. The van der Waals surface area contributed by atoms with E-state index < -0.39 is 10.0 Å². The van der Waals surface area contributed by atoms with E-state index in [1.807, 2.05) is 18.2 Å². The second kappa shape index (κ2) is 9.65. The van der Waals surface area contributed by atoms with Crippen LogP contribution >= 0.6 is 22.9 Å². The molecule has 0 spiro atoms. The number of aryl methyl sites for hydroxylation is 1. The topological polar surface area (TPSA) is 101 Å². The molecule has 184 valence electrons. The van der Waals surface area contributed by atoms with E-state index in [-0.39, 0.29) is 22.7 Å². The first-order chi connectivity index (χ1) is 16.8. The lowest BCUT2D eigenvalue weighted by molar-refractivity contribution is 0.0632. The number of anilines is 1. The second-order valence-electron chi connectivity index (χ2n) is 8.25. The zero-order valence-electron chi connectivity index (χ0n) is 18.9. The van der Waals surface area contributed by atoms with Crippen molar-refractivity contribution in [2.45, 2.75) is 18.4 Å². The lowest BCUT2D eigenvalue weighted by atomic mass is 10.1. The molecular weight excluding hydrogens is 512 g/mol. The molecule has 5 rings (SSSR count). The summed E-state index contributed by atoms with van der Waals surface area (Å²) in [5.41, 5.74) is 1.63. The fourth-order valence-corrected chi connectivity index (χ4v) is 6.27. The molecule has 0 saturated carbocycles. The van der Waals surface area contributed by atoms with Gasteiger partial charge in [0.05, 0.1) is 10.6 Å². The lowest BCUT2D eigenvalue weighted by Crippen LogP contribution is -2.48. The van der Waals surface area contributed by atoms with Gasteiger partial charge in [0, 0.05) is 37.7 Å². The summed E-state index contributed by atoms with van der Waals surface area (Å²) in [5, 5.41) is 0.597. The molecule has 2 aliphatic heterocycles. The van der Waals surface area contributed by atoms with Crippen molar-refractivity contribution in [3.05, 3.63) is 63.6 Å². The minimum atomic E-state index is -3.83. The maximum atomic E-state index is 13.2. The summed E-state index contributed by atoms with van der Waals surface area (Å²) in [6, 6.07) is 11.8. The number of thiazole rings is 1. The van der Waals surface area contributed by atoms with Gasteiger partial charge in [-0.3, -0.25) is 14.4 Å². The third-order valence-corrected chi connectivity index (χ3v) is 8.64. The molecule has 0 radical (unpaired) electrons. The first-order valence-corrected chi connectivity index (χ1v) is 13.6. The Kier molecular flexibility index (Phi) is 6.58. The molecule has 1 saturated heterocycles. The van der Waals surface area contributed by atoms with Gasteiger partial charge in [0.1, 0.15) is 4.88 Å². The zero-order valence-corrected chi connectivity index (χ0v) is 21.3. The first-order valence-electron chi connectivity index (χ1n) is 10.9. The molecule has 0 atom stereocenters. The van der Waals surface area contributed by atoms with Crippen molar-refractivity contribution in [2.24, 2.45) is 0 Å². The highest BCUT2D eigenvalue weighted by molar-refractivity contribution is 7.93. The average Bonchev–Trinajstić information content (AvgIpc) is 3.44. The monoisotopic (exact) mass is 534 g/mol. The summed E-state index contributed by atoms with van der Waals surface area (Å²) in [6.07, 6.45) is 0. The Balaban J connectivity index is 1.20. The van der Waals surface area contributed by atoms with Crippen molar-refractivity contribution in [3.8, 4) is 11.5 Å². The SMILES string of the molecule is Cc1nc(NS(=O)(=O)c2ccc(Cl)cc2)sc1C(=O)N1CCN(Cc2ccc3c(c2)OCO3)CC1. The molecule has 2 aromatic carbocycles. The van der Waals surface area contributed by atoms with E-state index in [1.54, 1.807) is 11.8 Å². The van der Waals surface area contributed by atoms with Gasteiger partial charge >= 0.3 is 0 Å². The predicted molar refractivity (Wildman–Crippen MR) is 133 cm³/mol. The minimum Gasteiger partial charge on any atom is -0.454 e. The quantitative estimate of drug-likeness (QED) is 0.515. The van der Waals surface area contributed by atoms with Gasteiger partial charge in [-0.15, -0.1) is 0 Å². The van der Waals surface area contributed by atoms with Gasteiger partial charge in [0.2, 0.25) is 6.79 Å². The molecular formula is C23H23ClN4O5S2. The van der Waals surface area contributed by atoms with Crippen LogP contribution in [0.2, 0.25) is 5.02 Å². The number of halogens is 1. The van der Waals surface area contributed by atoms with Crippen LogP contribution < -0.4 is 14.2 Å². The number of ether oxygens (including phenoxy) is 2. The van der Waals surface area contributed by atoms with Crippen molar-refractivity contribution in [2.75, 3.05) is 37.7 Å². The predicted octanol–water partition coefficient (Wildman–Crippen LogP) is 3.59. The van der Waals surface area contributed by atoms with Crippen LogP contribution in [0.3, 0.4) is 0 Å². The number of amides is 1. The van der Waals surface area contributed by atoms with Crippen molar-refractivity contribution in [1.29, 1.82) is 0 Å². The third-order valence-electron chi connectivity index (χ3n) is 5.84. The Hall–Kier alpha value is -2.86. The summed E-state index contributed by atoms with van der Waals surface area (Å²) >= 11 is 6.89. The molecule has 3 aromatic rings. The number of hydrogen-bond donors (Lipinski definition) is 1. The number of fused-ring (bicyclic) bond motifs is 1. The standard InChI is InChI=1S/C23H23ClN4O5S2/c1-15-21(34-23(25-15)26-35(30,31)18-5-3-17(24)4-6-18)22(29)28-10-8-27(9-11-28)13-16-2-7-19-20(12-16)33-14-32-19/h2-7,12H,8-11,13-14H2,1H3,(H,25,26). The average molecular weight is 535 g/mol. The Morgan fingerprint density at radius 1 is 1.09 bits per heavy atom. The van der Waals surface area contributed by atoms with Gasteiger partial charge in [0.15, 0.2) is 16.6 Å². The van der Waals surface area contributed by atoms with Crippen LogP contribution in [0.5, 0.6) is 11.5 Å². The summed E-state index contributed by atoms with van der Waals surface area (Å²) in [4.78, 5) is 22.0. The van der Waals surface area contributed by atoms with Crippen molar-refractivity contribution in [3.63, 3.8) is 0 Å². The van der Waals surface area contributed by atoms with Crippen molar-refractivity contribution >= 4 is 44.0 Å². The van der Waals surface area contributed by atoms with E-state index in [4.69, 9.17) is 21.1 Å². The third kappa shape index (κ3) is 5.22. The molecule has 9 nitrogen and oxygen atoms in total.